The van der Waals surface area contributed by atoms with Crippen LogP contribution in [-0.2, 0) is 5.41 Å². The van der Waals surface area contributed by atoms with E-state index >= 15 is 0 Å². The van der Waals surface area contributed by atoms with Crippen molar-refractivity contribution in [3.05, 3.63) is 290 Å². The normalized spacial score (nSPS) is 13.5. The number of fused-ring (bicyclic) bond motifs is 11. The molecule has 15 aromatic rings. The van der Waals surface area contributed by atoms with Gasteiger partial charge in [0.15, 0.2) is 0 Å². The number of furan rings is 3. The summed E-state index contributed by atoms with van der Waals surface area (Å²) in [6.45, 7) is 6.84. The summed E-state index contributed by atoms with van der Waals surface area (Å²) in [4.78, 5) is 7.54. The third-order valence-corrected chi connectivity index (χ3v) is 18.7. The second kappa shape index (κ2) is 18.7. The third-order valence-electron chi connectivity index (χ3n) is 18.7. The molecule has 0 amide bonds. The average Bonchev–Trinajstić information content (AvgIpc) is 1.47. The zero-order valence-corrected chi connectivity index (χ0v) is 48.1. The lowest BCUT2D eigenvalue weighted by molar-refractivity contribution is 0.631. The summed E-state index contributed by atoms with van der Waals surface area (Å²) in [6.07, 6.45) is 0. The van der Waals surface area contributed by atoms with Crippen LogP contribution in [0.2, 0.25) is 0 Å². The quantitative estimate of drug-likeness (QED) is 0.141. The van der Waals surface area contributed by atoms with Crippen LogP contribution in [0, 0.1) is 6.92 Å². The SMILES string of the molecule is Cc1ccccc1N1c2ccccc2B2c3ccc(-c4cc5ccccc5o4)cc3N(c3cccc(-c4cc5ccccc5o4)c3)c3cc(N(c4ccc5c(c4)C(C)(C)c4ccccc4-5)c4ccc5cc(-c6cc7ccccc7o6)ccc5c4)cc1c32. The number of anilines is 9. The summed E-state index contributed by atoms with van der Waals surface area (Å²) in [5.41, 5.74) is 25.1. The molecule has 0 spiro atoms. The molecule has 12 aromatic carbocycles. The fourth-order valence-corrected chi connectivity index (χ4v) is 14.5. The Morgan fingerprint density at radius 2 is 0.885 bits per heavy atom. The van der Waals surface area contributed by atoms with Gasteiger partial charge in [0.1, 0.15) is 34.0 Å². The zero-order chi connectivity index (χ0) is 57.6. The molecule has 0 N–H and O–H groups in total. The molecular weight excluding hydrogens is 1060 g/mol. The van der Waals surface area contributed by atoms with Gasteiger partial charge in [-0.2, -0.15) is 0 Å². The highest BCUT2D eigenvalue weighted by Gasteiger charge is 2.45. The van der Waals surface area contributed by atoms with E-state index in [1.54, 1.807) is 0 Å². The van der Waals surface area contributed by atoms with Gasteiger partial charge >= 0.3 is 0 Å². The van der Waals surface area contributed by atoms with Gasteiger partial charge in [-0.3, -0.25) is 0 Å². The molecule has 0 saturated carbocycles. The Morgan fingerprint density at radius 1 is 0.345 bits per heavy atom. The Bertz CT molecular complexity index is 5250. The van der Waals surface area contributed by atoms with Gasteiger partial charge in [-0.25, -0.2) is 0 Å². The fraction of sp³-hybridized carbons (Fsp3) is 0.0500. The molecule has 3 aliphatic rings. The standard InChI is InChI=1S/C80H54BN3O3/c1-49-17-4-11-26-68(49)84-69-27-12-10-25-66(69)81-67-38-34-57(78-45-55-20-7-15-30-75(55)87-78)42-70(67)83(58-22-16-21-52(41-58)76-43-53-18-5-13-28-73(53)85-76)71-47-61(48-72(84)79(71)81)82(60-36-37-63-62-23-8-9-24-64(62)80(2,3)65(63)46-60)59-35-33-50-39-56(32-31-51(50)40-59)77-44-54-19-6-14-29-74(54)86-77/h4-48H,1-3H3. The lowest BCUT2D eigenvalue weighted by atomic mass is 9.33. The Balaban J connectivity index is 0.915. The molecule has 1 aliphatic carbocycles. The summed E-state index contributed by atoms with van der Waals surface area (Å²) >= 11 is 0. The molecule has 87 heavy (non-hydrogen) atoms. The summed E-state index contributed by atoms with van der Waals surface area (Å²) in [7, 11) is 0. The minimum absolute atomic E-state index is 0.135. The van der Waals surface area contributed by atoms with Crippen molar-refractivity contribution in [2.45, 2.75) is 26.2 Å². The van der Waals surface area contributed by atoms with Crippen molar-refractivity contribution in [3.63, 3.8) is 0 Å². The van der Waals surface area contributed by atoms with Crippen molar-refractivity contribution < 1.29 is 13.3 Å². The van der Waals surface area contributed by atoms with Crippen LogP contribution in [0.25, 0.3) is 88.8 Å². The van der Waals surface area contributed by atoms with Crippen LogP contribution >= 0.6 is 0 Å². The Morgan fingerprint density at radius 3 is 1.60 bits per heavy atom. The smallest absolute Gasteiger partial charge is 0.252 e. The number of hydrogen-bond acceptors (Lipinski definition) is 6. The zero-order valence-electron chi connectivity index (χ0n) is 48.1. The first kappa shape index (κ1) is 49.4. The summed E-state index contributed by atoms with van der Waals surface area (Å²) < 4.78 is 19.8. The fourth-order valence-electron chi connectivity index (χ4n) is 14.5. The van der Waals surface area contributed by atoms with Gasteiger partial charge in [0.05, 0.1) is 5.69 Å². The number of para-hydroxylation sites is 5. The molecule has 7 heteroatoms. The van der Waals surface area contributed by atoms with Crippen LogP contribution in [0.15, 0.2) is 286 Å². The number of nitrogens with zero attached hydrogens (tertiary/aromatic N) is 3. The molecule has 6 nitrogen and oxygen atoms in total. The van der Waals surface area contributed by atoms with Gasteiger partial charge in [0.2, 0.25) is 0 Å². The summed E-state index contributed by atoms with van der Waals surface area (Å²) in [5, 5.41) is 5.47. The first-order valence-corrected chi connectivity index (χ1v) is 30.0. The lowest BCUT2D eigenvalue weighted by Gasteiger charge is -2.45. The predicted molar refractivity (Wildman–Crippen MR) is 361 cm³/mol. The molecule has 0 bridgehead atoms. The minimum Gasteiger partial charge on any atom is -0.456 e. The molecule has 0 atom stereocenters. The van der Waals surface area contributed by atoms with E-state index in [1.165, 1.54) is 44.2 Å². The lowest BCUT2D eigenvalue weighted by Crippen LogP contribution is -2.61. The molecule has 5 heterocycles. The van der Waals surface area contributed by atoms with Crippen molar-refractivity contribution in [1.82, 2.24) is 0 Å². The van der Waals surface area contributed by atoms with Crippen molar-refractivity contribution in [2.75, 3.05) is 14.7 Å². The largest absolute Gasteiger partial charge is 0.456 e. The third kappa shape index (κ3) is 7.62. The molecule has 3 aromatic heterocycles. The van der Waals surface area contributed by atoms with E-state index in [2.05, 4.69) is 272 Å². The molecule has 0 unspecified atom stereocenters. The molecule has 0 radical (unpaired) electrons. The maximum Gasteiger partial charge on any atom is 0.252 e. The second-order valence-corrected chi connectivity index (χ2v) is 24.1. The number of hydrogen-bond donors (Lipinski definition) is 0. The van der Waals surface area contributed by atoms with Crippen molar-refractivity contribution in [2.24, 2.45) is 0 Å². The van der Waals surface area contributed by atoms with Crippen molar-refractivity contribution in [3.8, 4) is 45.1 Å². The van der Waals surface area contributed by atoms with Gasteiger partial charge in [-0.1, -0.05) is 178 Å². The van der Waals surface area contributed by atoms with Gasteiger partial charge in [0.25, 0.3) is 6.71 Å². The first-order valence-electron chi connectivity index (χ1n) is 30.0. The topological polar surface area (TPSA) is 49.1 Å². The van der Waals surface area contributed by atoms with E-state index in [1.807, 2.05) is 36.4 Å². The molecule has 2 aliphatic heterocycles. The first-order chi connectivity index (χ1) is 42.8. The highest BCUT2D eigenvalue weighted by Crippen LogP contribution is 2.53. The summed E-state index contributed by atoms with van der Waals surface area (Å²) in [6, 6.07) is 99.5. The number of rotatable bonds is 8. The van der Waals surface area contributed by atoms with Crippen LogP contribution in [-0.4, -0.2) is 6.71 Å². The molecular formula is C80H54BN3O3. The van der Waals surface area contributed by atoms with E-state index < -0.39 is 0 Å². The molecule has 0 fully saturated rings. The average molecular weight is 1120 g/mol. The number of aryl methyl sites for hydroxylation is 1. The van der Waals surface area contributed by atoms with E-state index in [0.717, 1.165) is 129 Å². The highest BCUT2D eigenvalue weighted by atomic mass is 16.3. The Hall–Kier alpha value is -11.0. The van der Waals surface area contributed by atoms with E-state index in [9.17, 15) is 0 Å². The second-order valence-electron chi connectivity index (χ2n) is 24.1. The number of benzene rings is 12. The van der Waals surface area contributed by atoms with Crippen molar-refractivity contribution in [1.29, 1.82) is 0 Å². The van der Waals surface area contributed by atoms with E-state index in [0.29, 0.717) is 0 Å². The van der Waals surface area contributed by atoms with Crippen LogP contribution in [0.5, 0.6) is 0 Å². The summed E-state index contributed by atoms with van der Waals surface area (Å²) in [5.74, 6) is 2.48. The monoisotopic (exact) mass is 1120 g/mol. The van der Waals surface area contributed by atoms with Crippen LogP contribution < -0.4 is 31.1 Å². The van der Waals surface area contributed by atoms with Crippen molar-refractivity contribution >= 4 is 118 Å². The van der Waals surface area contributed by atoms with Gasteiger partial charge < -0.3 is 28.0 Å². The van der Waals surface area contributed by atoms with E-state index in [-0.39, 0.29) is 12.1 Å². The van der Waals surface area contributed by atoms with Gasteiger partial charge in [-0.05, 0) is 171 Å². The molecule has 410 valence electrons. The predicted octanol–water partition coefficient (Wildman–Crippen LogP) is 20.2. The van der Waals surface area contributed by atoms with Gasteiger partial charge in [-0.15, -0.1) is 0 Å². The van der Waals surface area contributed by atoms with Crippen LogP contribution in [0.4, 0.5) is 51.2 Å². The van der Waals surface area contributed by atoms with Crippen LogP contribution in [0.3, 0.4) is 0 Å². The van der Waals surface area contributed by atoms with Gasteiger partial charge in [0, 0.05) is 83.8 Å². The maximum atomic E-state index is 6.71. The maximum absolute atomic E-state index is 6.71. The molecule has 0 saturated heterocycles. The Kier molecular flexibility index (Phi) is 10.6. The van der Waals surface area contributed by atoms with Crippen LogP contribution in [0.1, 0.15) is 30.5 Å². The minimum atomic E-state index is -0.243. The van der Waals surface area contributed by atoms with E-state index in [4.69, 9.17) is 13.3 Å². The Labute approximate surface area is 504 Å². The highest BCUT2D eigenvalue weighted by molar-refractivity contribution is 7.00. The molecule has 18 rings (SSSR count).